The fourth-order valence-corrected chi connectivity index (χ4v) is 2.90. The van der Waals surface area contributed by atoms with Crippen LogP contribution in [0.1, 0.15) is 22.5 Å². The molecule has 0 bridgehead atoms. The minimum atomic E-state index is -0.530. The molecular formula is C12H17N3O2S. The fraction of sp³-hybridized carbons (Fsp3) is 0.500. The van der Waals surface area contributed by atoms with E-state index in [0.717, 1.165) is 10.6 Å². The molecule has 2 rings (SSSR count). The highest BCUT2D eigenvalue weighted by Gasteiger charge is 2.30. The van der Waals surface area contributed by atoms with Gasteiger partial charge in [0.15, 0.2) is 0 Å². The number of hydrogen-bond acceptors (Lipinski definition) is 5. The molecule has 1 aromatic heterocycles. The molecule has 1 aliphatic rings. The predicted octanol–water partition coefficient (Wildman–Crippen LogP) is 1.70. The van der Waals surface area contributed by atoms with Crippen molar-refractivity contribution in [3.63, 3.8) is 0 Å². The van der Waals surface area contributed by atoms with Crippen LogP contribution in [-0.4, -0.2) is 45.1 Å². The first kappa shape index (κ1) is 13.0. The number of aliphatic hydroxyl groups is 2. The average molecular weight is 267 g/mol. The van der Waals surface area contributed by atoms with E-state index in [2.05, 4.69) is 4.98 Å². The molecule has 0 aliphatic carbocycles. The molecule has 0 spiro atoms. The summed E-state index contributed by atoms with van der Waals surface area (Å²) in [5.41, 5.74) is 1.42. The number of nitrogens with zero attached hydrogens (tertiary/aromatic N) is 2. The quantitative estimate of drug-likeness (QED) is 0.778. The van der Waals surface area contributed by atoms with E-state index in [-0.39, 0.29) is 18.1 Å². The van der Waals surface area contributed by atoms with E-state index in [1.807, 2.05) is 13.8 Å². The maximum atomic E-state index is 9.98. The Morgan fingerprint density at radius 1 is 1.50 bits per heavy atom. The molecule has 1 aromatic rings. The van der Waals surface area contributed by atoms with Gasteiger partial charge in [0.2, 0.25) is 0 Å². The normalized spacial score (nSPS) is 17.8. The van der Waals surface area contributed by atoms with Crippen molar-refractivity contribution in [2.45, 2.75) is 26.9 Å². The lowest BCUT2D eigenvalue weighted by Gasteiger charge is -2.19. The van der Waals surface area contributed by atoms with Crippen LogP contribution in [0.15, 0.2) is 5.76 Å². The summed E-state index contributed by atoms with van der Waals surface area (Å²) in [7, 11) is 0. The summed E-state index contributed by atoms with van der Waals surface area (Å²) in [6.45, 7) is 6.17. The van der Waals surface area contributed by atoms with Crippen LogP contribution in [0.25, 0.3) is 5.57 Å². The van der Waals surface area contributed by atoms with Gasteiger partial charge in [0.25, 0.3) is 0 Å². The molecule has 0 saturated heterocycles. The number of nitrogens with one attached hydrogen (secondary N) is 1. The summed E-state index contributed by atoms with van der Waals surface area (Å²) in [4.78, 5) is 7.12. The van der Waals surface area contributed by atoms with Crippen LogP contribution in [0.2, 0.25) is 0 Å². The van der Waals surface area contributed by atoms with E-state index >= 15 is 0 Å². The Bertz CT molecular complexity index is 500. The zero-order valence-electron chi connectivity index (χ0n) is 10.7. The lowest BCUT2D eigenvalue weighted by molar-refractivity contribution is 0.160. The highest BCUT2D eigenvalue weighted by molar-refractivity contribution is 7.13. The molecule has 2 heterocycles. The third kappa shape index (κ3) is 2.26. The van der Waals surface area contributed by atoms with Gasteiger partial charge < -0.3 is 15.1 Å². The van der Waals surface area contributed by atoms with Crippen molar-refractivity contribution in [3.05, 3.63) is 21.3 Å². The number of aryl methyl sites for hydroxylation is 2. The summed E-state index contributed by atoms with van der Waals surface area (Å²) < 4.78 is 0. The molecule has 0 aromatic carbocycles. The van der Waals surface area contributed by atoms with Crippen molar-refractivity contribution in [1.82, 2.24) is 9.88 Å². The third-order valence-electron chi connectivity index (χ3n) is 2.91. The van der Waals surface area contributed by atoms with Crippen molar-refractivity contribution in [1.29, 1.82) is 5.41 Å². The van der Waals surface area contributed by atoms with Crippen LogP contribution in [0, 0.1) is 19.3 Å². The Kier molecular flexibility index (Phi) is 3.41. The molecule has 0 saturated carbocycles. The monoisotopic (exact) mass is 267 g/mol. The number of hydrogen-bond donors (Lipinski definition) is 3. The molecule has 18 heavy (non-hydrogen) atoms. The van der Waals surface area contributed by atoms with Crippen molar-refractivity contribution in [2.75, 3.05) is 13.1 Å². The van der Waals surface area contributed by atoms with E-state index in [4.69, 9.17) is 5.41 Å². The van der Waals surface area contributed by atoms with Gasteiger partial charge in [-0.05, 0) is 20.8 Å². The fourth-order valence-electron chi connectivity index (χ4n) is 1.91. The van der Waals surface area contributed by atoms with Crippen LogP contribution < -0.4 is 0 Å². The van der Waals surface area contributed by atoms with Crippen LogP contribution in [0.4, 0.5) is 0 Å². The van der Waals surface area contributed by atoms with Crippen molar-refractivity contribution in [2.24, 2.45) is 0 Å². The number of aliphatic hydroxyl groups excluding tert-OH is 2. The third-order valence-corrected chi connectivity index (χ3v) is 4.00. The molecule has 3 N–H and O–H groups in total. The number of rotatable bonds is 3. The maximum absolute atomic E-state index is 9.98. The second-order valence-corrected chi connectivity index (χ2v) is 5.76. The number of thiazole rings is 1. The van der Waals surface area contributed by atoms with Gasteiger partial charge in [-0.2, -0.15) is 0 Å². The molecule has 0 radical (unpaired) electrons. The predicted molar refractivity (Wildman–Crippen MR) is 72.1 cm³/mol. The first-order valence-electron chi connectivity index (χ1n) is 5.78. The smallest absolute Gasteiger partial charge is 0.135 e. The van der Waals surface area contributed by atoms with Crippen molar-refractivity contribution in [3.8, 4) is 0 Å². The second-order valence-electron chi connectivity index (χ2n) is 4.56. The highest BCUT2D eigenvalue weighted by Crippen LogP contribution is 2.31. The van der Waals surface area contributed by atoms with Gasteiger partial charge in [-0.1, -0.05) is 0 Å². The SMILES string of the molecule is Cc1nc(C2=C(O)CN(C[C@H](C)O)C2=N)sc1C. The van der Waals surface area contributed by atoms with Gasteiger partial charge in [-0.25, -0.2) is 4.98 Å². The molecule has 98 valence electrons. The Morgan fingerprint density at radius 2 is 2.17 bits per heavy atom. The van der Waals surface area contributed by atoms with Gasteiger partial charge in [0.05, 0.1) is 23.9 Å². The van der Waals surface area contributed by atoms with Gasteiger partial charge in [-0.15, -0.1) is 11.3 Å². The van der Waals surface area contributed by atoms with E-state index in [1.54, 1.807) is 11.8 Å². The molecule has 5 nitrogen and oxygen atoms in total. The lowest BCUT2D eigenvalue weighted by atomic mass is 10.2. The molecule has 0 amide bonds. The van der Waals surface area contributed by atoms with E-state index < -0.39 is 6.10 Å². The topological polar surface area (TPSA) is 80.4 Å². The van der Waals surface area contributed by atoms with Crippen LogP contribution in [-0.2, 0) is 0 Å². The molecular weight excluding hydrogens is 250 g/mol. The number of β-amino-alcohol motifs (C(OH)–C–C–N with tert-alkyl or cyclic N) is 1. The minimum absolute atomic E-state index is 0.161. The van der Waals surface area contributed by atoms with E-state index in [0.29, 0.717) is 17.1 Å². The number of amidine groups is 1. The van der Waals surface area contributed by atoms with E-state index in [9.17, 15) is 10.2 Å². The maximum Gasteiger partial charge on any atom is 0.135 e. The molecule has 6 heteroatoms. The van der Waals surface area contributed by atoms with Gasteiger partial charge in [0, 0.05) is 11.4 Å². The molecule has 0 fully saturated rings. The van der Waals surface area contributed by atoms with Gasteiger partial charge >= 0.3 is 0 Å². The Balaban J connectivity index is 2.28. The van der Waals surface area contributed by atoms with Gasteiger partial charge in [0.1, 0.15) is 16.6 Å². The van der Waals surface area contributed by atoms with E-state index in [1.165, 1.54) is 11.3 Å². The summed E-state index contributed by atoms with van der Waals surface area (Å²) in [6, 6.07) is 0. The Hall–Kier alpha value is -1.40. The lowest BCUT2D eigenvalue weighted by Crippen LogP contribution is -2.33. The summed E-state index contributed by atoms with van der Waals surface area (Å²) >= 11 is 1.48. The summed E-state index contributed by atoms with van der Waals surface area (Å²) in [6.07, 6.45) is -0.530. The molecule has 1 aliphatic heterocycles. The average Bonchev–Trinajstić information content (AvgIpc) is 2.69. The highest BCUT2D eigenvalue weighted by atomic mass is 32.1. The van der Waals surface area contributed by atoms with Crippen molar-refractivity contribution >= 4 is 22.7 Å². The molecule has 1 atom stereocenters. The van der Waals surface area contributed by atoms with Crippen molar-refractivity contribution < 1.29 is 10.2 Å². The first-order valence-corrected chi connectivity index (χ1v) is 6.60. The summed E-state index contributed by atoms with van der Waals surface area (Å²) in [5.74, 6) is 0.400. The van der Waals surface area contributed by atoms with Gasteiger partial charge in [-0.3, -0.25) is 5.41 Å². The van der Waals surface area contributed by atoms with Crippen LogP contribution in [0.5, 0.6) is 0 Å². The molecule has 0 unspecified atom stereocenters. The minimum Gasteiger partial charge on any atom is -0.510 e. The number of aromatic nitrogens is 1. The Morgan fingerprint density at radius 3 is 2.67 bits per heavy atom. The van der Waals surface area contributed by atoms with Crippen LogP contribution in [0.3, 0.4) is 0 Å². The Labute approximate surface area is 110 Å². The summed E-state index contributed by atoms with van der Waals surface area (Å²) in [5, 5.41) is 28.1. The van der Waals surface area contributed by atoms with Crippen LogP contribution >= 0.6 is 11.3 Å². The zero-order valence-corrected chi connectivity index (χ0v) is 11.5. The zero-order chi connectivity index (χ0) is 13.4. The standard InChI is InChI=1S/C12H17N3O2S/c1-6(16)4-15-5-9(17)10(11(15)13)12-14-7(2)8(3)18-12/h6,13,16-17H,4-5H2,1-3H3/t6-/m0/s1. The first-order chi connectivity index (χ1) is 8.40. The second kappa shape index (κ2) is 4.70. The largest absolute Gasteiger partial charge is 0.510 e.